The van der Waals surface area contributed by atoms with Crippen LogP contribution in [0.2, 0.25) is 0 Å². The molecule has 0 aromatic heterocycles. The summed E-state index contributed by atoms with van der Waals surface area (Å²) in [7, 11) is -2.56. The number of nitrogens with one attached hydrogen (secondary N) is 1. The molecule has 1 saturated heterocycles. The van der Waals surface area contributed by atoms with Crippen molar-refractivity contribution in [2.24, 2.45) is 0 Å². The van der Waals surface area contributed by atoms with E-state index >= 15 is 0 Å². The first kappa shape index (κ1) is 26.7. The lowest BCUT2D eigenvalue weighted by atomic mass is 10.1. The van der Waals surface area contributed by atoms with E-state index in [1.165, 1.54) is 34.5 Å². The van der Waals surface area contributed by atoms with Gasteiger partial charge in [-0.25, -0.2) is 8.42 Å². The van der Waals surface area contributed by atoms with Crippen molar-refractivity contribution in [3.05, 3.63) is 83.9 Å². The van der Waals surface area contributed by atoms with Crippen LogP contribution in [0.3, 0.4) is 0 Å². The van der Waals surface area contributed by atoms with Gasteiger partial charge in [0.2, 0.25) is 10.0 Å². The average molecular weight is 552 g/mol. The number of anilines is 1. The van der Waals surface area contributed by atoms with Crippen molar-refractivity contribution in [1.82, 2.24) is 9.62 Å². The maximum absolute atomic E-state index is 13.8. The number of amides is 2. The van der Waals surface area contributed by atoms with Gasteiger partial charge in [0.1, 0.15) is 16.4 Å². The largest absolute Gasteiger partial charge is 0.495 e. The van der Waals surface area contributed by atoms with E-state index in [0.717, 1.165) is 5.56 Å². The molecule has 39 heavy (non-hydrogen) atoms. The lowest BCUT2D eigenvalue weighted by Gasteiger charge is -2.34. The van der Waals surface area contributed by atoms with Crippen molar-refractivity contribution >= 4 is 27.5 Å². The first-order valence-corrected chi connectivity index (χ1v) is 14.0. The molecule has 5 rings (SSSR count). The zero-order valence-electron chi connectivity index (χ0n) is 21.4. The Balaban J connectivity index is 1.42. The highest BCUT2D eigenvalue weighted by atomic mass is 32.2. The molecule has 1 atom stereocenters. The molecular formula is C28H29N3O7S. The van der Waals surface area contributed by atoms with Gasteiger partial charge in [-0.05, 0) is 35.9 Å². The summed E-state index contributed by atoms with van der Waals surface area (Å²) in [6, 6.07) is 20.7. The monoisotopic (exact) mass is 551 g/mol. The van der Waals surface area contributed by atoms with Gasteiger partial charge in [0.25, 0.3) is 11.8 Å². The highest BCUT2D eigenvalue weighted by molar-refractivity contribution is 7.89. The fourth-order valence-electron chi connectivity index (χ4n) is 4.56. The summed E-state index contributed by atoms with van der Waals surface area (Å²) >= 11 is 0. The molecule has 3 aromatic rings. The van der Waals surface area contributed by atoms with Gasteiger partial charge in [0.15, 0.2) is 6.10 Å². The van der Waals surface area contributed by atoms with Gasteiger partial charge >= 0.3 is 0 Å². The smallest absolute Gasteiger partial charge is 0.263 e. The zero-order chi connectivity index (χ0) is 27.4. The van der Waals surface area contributed by atoms with Crippen molar-refractivity contribution in [3.63, 3.8) is 0 Å². The minimum absolute atomic E-state index is 0.0476. The summed E-state index contributed by atoms with van der Waals surface area (Å²) in [5, 5.41) is 2.87. The number of para-hydroxylation sites is 2. The van der Waals surface area contributed by atoms with E-state index in [1.54, 1.807) is 24.3 Å². The molecular weight excluding hydrogens is 522 g/mol. The first-order chi connectivity index (χ1) is 18.9. The molecule has 0 spiro atoms. The second-order valence-electron chi connectivity index (χ2n) is 9.08. The van der Waals surface area contributed by atoms with Crippen molar-refractivity contribution in [1.29, 1.82) is 0 Å². The molecule has 3 aromatic carbocycles. The maximum atomic E-state index is 13.8. The van der Waals surface area contributed by atoms with E-state index in [1.807, 2.05) is 30.3 Å². The summed E-state index contributed by atoms with van der Waals surface area (Å²) in [4.78, 5) is 28.2. The summed E-state index contributed by atoms with van der Waals surface area (Å²) in [6.45, 7) is 1.27. The number of sulfonamides is 1. The predicted octanol–water partition coefficient (Wildman–Crippen LogP) is 2.44. The number of methoxy groups -OCH3 is 1. The van der Waals surface area contributed by atoms with Gasteiger partial charge in [-0.1, -0.05) is 42.5 Å². The second-order valence-corrected chi connectivity index (χ2v) is 11.0. The Morgan fingerprint density at radius 2 is 1.72 bits per heavy atom. The van der Waals surface area contributed by atoms with Crippen LogP contribution in [-0.4, -0.2) is 70.6 Å². The summed E-state index contributed by atoms with van der Waals surface area (Å²) in [5.41, 5.74) is 1.56. The SMILES string of the molecule is COc1ccc(C(=O)N2CC(C(=O)NCc3ccccc3)Oc3ccccc32)cc1S(=O)(=O)N1CCOCC1. The molecule has 1 N–H and O–H groups in total. The third kappa shape index (κ3) is 5.60. The van der Waals surface area contributed by atoms with Crippen molar-refractivity contribution < 1.29 is 32.2 Å². The van der Waals surface area contributed by atoms with Crippen LogP contribution in [0.5, 0.6) is 11.5 Å². The molecule has 2 heterocycles. The second kappa shape index (κ2) is 11.4. The van der Waals surface area contributed by atoms with Gasteiger partial charge in [-0.15, -0.1) is 0 Å². The number of benzene rings is 3. The van der Waals surface area contributed by atoms with Gasteiger partial charge in [0, 0.05) is 25.2 Å². The minimum Gasteiger partial charge on any atom is -0.495 e. The zero-order valence-corrected chi connectivity index (χ0v) is 22.2. The molecule has 204 valence electrons. The number of fused-ring (bicyclic) bond motifs is 1. The van der Waals surface area contributed by atoms with Crippen molar-refractivity contribution in [3.8, 4) is 11.5 Å². The fourth-order valence-corrected chi connectivity index (χ4v) is 6.14. The van der Waals surface area contributed by atoms with Crippen LogP contribution < -0.4 is 19.7 Å². The third-order valence-corrected chi connectivity index (χ3v) is 8.54. The summed E-state index contributed by atoms with van der Waals surface area (Å²) in [5.74, 6) is -0.311. The van der Waals surface area contributed by atoms with Crippen LogP contribution >= 0.6 is 0 Å². The molecule has 10 nitrogen and oxygen atoms in total. The highest BCUT2D eigenvalue weighted by Crippen LogP contribution is 2.35. The fraction of sp³-hybridized carbons (Fsp3) is 0.286. The molecule has 11 heteroatoms. The lowest BCUT2D eigenvalue weighted by Crippen LogP contribution is -2.50. The van der Waals surface area contributed by atoms with Gasteiger partial charge in [-0.2, -0.15) is 4.31 Å². The van der Waals surface area contributed by atoms with Crippen LogP contribution in [0, 0.1) is 0 Å². The number of rotatable bonds is 7. The number of nitrogens with zero attached hydrogens (tertiary/aromatic N) is 2. The van der Waals surface area contributed by atoms with Crippen LogP contribution in [0.15, 0.2) is 77.7 Å². The van der Waals surface area contributed by atoms with Gasteiger partial charge in [0.05, 0.1) is 32.6 Å². The Hall–Kier alpha value is -3.93. The molecule has 0 radical (unpaired) electrons. The molecule has 2 amide bonds. The Labute approximate surface area is 227 Å². The Bertz CT molecular complexity index is 1460. The number of hydrogen-bond acceptors (Lipinski definition) is 7. The van der Waals surface area contributed by atoms with E-state index in [-0.39, 0.29) is 41.7 Å². The van der Waals surface area contributed by atoms with Crippen LogP contribution in [0.25, 0.3) is 0 Å². The van der Waals surface area contributed by atoms with Crippen molar-refractivity contribution in [2.75, 3.05) is 44.9 Å². The Morgan fingerprint density at radius 1 is 1.00 bits per heavy atom. The van der Waals surface area contributed by atoms with E-state index < -0.39 is 22.0 Å². The molecule has 0 bridgehead atoms. The summed E-state index contributed by atoms with van der Waals surface area (Å²) in [6.07, 6.45) is -0.956. The van der Waals surface area contributed by atoms with Crippen molar-refractivity contribution in [2.45, 2.75) is 17.5 Å². The highest BCUT2D eigenvalue weighted by Gasteiger charge is 2.35. The normalized spacial score (nSPS) is 17.6. The minimum atomic E-state index is -3.94. The van der Waals surface area contributed by atoms with E-state index in [0.29, 0.717) is 31.2 Å². The average Bonchev–Trinajstić information content (AvgIpc) is 2.99. The van der Waals surface area contributed by atoms with E-state index in [2.05, 4.69) is 5.32 Å². The topological polar surface area (TPSA) is 114 Å². The van der Waals surface area contributed by atoms with Crippen LogP contribution in [0.4, 0.5) is 5.69 Å². The van der Waals surface area contributed by atoms with E-state index in [9.17, 15) is 18.0 Å². The number of carbonyl (C=O) groups is 2. The number of hydrogen-bond donors (Lipinski definition) is 1. The predicted molar refractivity (Wildman–Crippen MR) is 143 cm³/mol. The molecule has 1 fully saturated rings. The third-order valence-electron chi connectivity index (χ3n) is 6.62. The lowest BCUT2D eigenvalue weighted by molar-refractivity contribution is -0.128. The Kier molecular flexibility index (Phi) is 7.82. The summed E-state index contributed by atoms with van der Waals surface area (Å²) < 4.78 is 44.8. The van der Waals surface area contributed by atoms with Gasteiger partial charge < -0.3 is 24.4 Å². The number of carbonyl (C=O) groups excluding carboxylic acids is 2. The van der Waals surface area contributed by atoms with Crippen LogP contribution in [-0.2, 0) is 26.1 Å². The van der Waals surface area contributed by atoms with E-state index in [4.69, 9.17) is 14.2 Å². The Morgan fingerprint density at radius 3 is 2.46 bits per heavy atom. The molecule has 0 aliphatic carbocycles. The molecule has 0 saturated carbocycles. The quantitative estimate of drug-likeness (QED) is 0.480. The number of ether oxygens (including phenoxy) is 3. The first-order valence-electron chi connectivity index (χ1n) is 12.5. The number of morpholine rings is 1. The maximum Gasteiger partial charge on any atom is 0.263 e. The standard InChI is InChI=1S/C28H29N3O7S/c1-36-24-12-11-21(17-26(24)39(34,35)30-13-15-37-16-14-30)28(33)31-19-25(38-23-10-6-5-9-22(23)31)27(32)29-18-20-7-3-2-4-8-20/h2-12,17,25H,13-16,18-19H2,1H3,(H,29,32). The van der Waals surface area contributed by atoms with Crippen LogP contribution in [0.1, 0.15) is 15.9 Å². The van der Waals surface area contributed by atoms with Gasteiger partial charge in [-0.3, -0.25) is 9.59 Å². The molecule has 2 aliphatic rings. The molecule has 2 aliphatic heterocycles. The molecule has 1 unspecified atom stereocenters.